The molecule has 0 unspecified atom stereocenters. The lowest BCUT2D eigenvalue weighted by atomic mass is 10.2. The highest BCUT2D eigenvalue weighted by Gasteiger charge is 2.19. The number of nitrogens with zero attached hydrogens (tertiary/aromatic N) is 3. The first kappa shape index (κ1) is 17.5. The van der Waals surface area contributed by atoms with Crippen molar-refractivity contribution >= 4 is 11.4 Å². The molecular formula is C17H14F2N4O3. The van der Waals surface area contributed by atoms with Crippen LogP contribution in [0.1, 0.15) is 12.3 Å². The van der Waals surface area contributed by atoms with Gasteiger partial charge in [0.2, 0.25) is 17.5 Å². The van der Waals surface area contributed by atoms with E-state index in [1.165, 1.54) is 24.3 Å². The number of para-hydroxylation sites is 1. The van der Waals surface area contributed by atoms with Crippen LogP contribution in [-0.2, 0) is 6.42 Å². The average molecular weight is 360 g/mol. The zero-order chi connectivity index (χ0) is 18.5. The monoisotopic (exact) mass is 360 g/mol. The molecule has 0 saturated carbocycles. The Bertz CT molecular complexity index is 913. The quantitative estimate of drug-likeness (QED) is 0.389. The van der Waals surface area contributed by atoms with Crippen molar-refractivity contribution < 1.29 is 18.2 Å². The minimum atomic E-state index is -0.888. The van der Waals surface area contributed by atoms with Gasteiger partial charge in [-0.1, -0.05) is 11.2 Å². The summed E-state index contributed by atoms with van der Waals surface area (Å²) in [5, 5.41) is 17.6. The van der Waals surface area contributed by atoms with E-state index in [2.05, 4.69) is 15.5 Å². The Balaban J connectivity index is 1.56. The first-order chi connectivity index (χ1) is 12.5. The van der Waals surface area contributed by atoms with Gasteiger partial charge < -0.3 is 9.84 Å². The summed E-state index contributed by atoms with van der Waals surface area (Å²) < 4.78 is 31.6. The molecule has 1 aromatic heterocycles. The smallest absolute Gasteiger partial charge is 0.327 e. The van der Waals surface area contributed by atoms with E-state index >= 15 is 0 Å². The number of hydrogen-bond donors (Lipinski definition) is 1. The fourth-order valence-electron chi connectivity index (χ4n) is 2.38. The summed E-state index contributed by atoms with van der Waals surface area (Å²) in [6.45, 7) is 0.360. The molecular weight excluding hydrogens is 346 g/mol. The van der Waals surface area contributed by atoms with Crippen LogP contribution >= 0.6 is 0 Å². The fourth-order valence-corrected chi connectivity index (χ4v) is 2.38. The maximum atomic E-state index is 13.5. The molecule has 0 amide bonds. The Labute approximate surface area is 146 Å². The summed E-state index contributed by atoms with van der Waals surface area (Å²) in [5.74, 6) is -0.496. The van der Waals surface area contributed by atoms with E-state index in [0.29, 0.717) is 36.7 Å². The first-order valence-electron chi connectivity index (χ1n) is 7.80. The van der Waals surface area contributed by atoms with Gasteiger partial charge in [-0.2, -0.15) is 9.37 Å². The van der Waals surface area contributed by atoms with Gasteiger partial charge in [0.1, 0.15) is 11.5 Å². The van der Waals surface area contributed by atoms with Gasteiger partial charge in [0.05, 0.1) is 4.92 Å². The highest BCUT2D eigenvalue weighted by Crippen LogP contribution is 2.27. The number of anilines is 1. The van der Waals surface area contributed by atoms with Gasteiger partial charge in [0.15, 0.2) is 0 Å². The van der Waals surface area contributed by atoms with E-state index in [1.54, 1.807) is 12.1 Å². The van der Waals surface area contributed by atoms with E-state index in [9.17, 15) is 18.9 Å². The molecule has 0 aliphatic carbocycles. The molecule has 0 aliphatic heterocycles. The third kappa shape index (κ3) is 4.00. The fraction of sp³-hybridized carbons (Fsp3) is 0.176. The summed E-state index contributed by atoms with van der Waals surface area (Å²) in [5.41, 5.74) is 0.173. The van der Waals surface area contributed by atoms with E-state index in [4.69, 9.17) is 4.52 Å². The Morgan fingerprint density at radius 1 is 1.15 bits per heavy atom. The van der Waals surface area contributed by atoms with Crippen LogP contribution in [0.3, 0.4) is 0 Å². The summed E-state index contributed by atoms with van der Waals surface area (Å²) in [4.78, 5) is 14.4. The van der Waals surface area contributed by atoms with Crippen molar-refractivity contribution in [2.75, 3.05) is 11.9 Å². The number of nitro groups is 1. The van der Waals surface area contributed by atoms with Gasteiger partial charge in [-0.05, 0) is 42.8 Å². The Morgan fingerprint density at radius 2 is 1.92 bits per heavy atom. The number of halogens is 2. The van der Waals surface area contributed by atoms with Gasteiger partial charge >= 0.3 is 5.69 Å². The third-order valence-electron chi connectivity index (χ3n) is 3.62. The summed E-state index contributed by atoms with van der Waals surface area (Å²) >= 11 is 0. The van der Waals surface area contributed by atoms with Crippen LogP contribution < -0.4 is 5.32 Å². The second-order valence-electron chi connectivity index (χ2n) is 5.44. The molecule has 0 saturated heterocycles. The molecule has 0 radical (unpaired) electrons. The molecule has 9 heteroatoms. The zero-order valence-electron chi connectivity index (χ0n) is 13.5. The minimum Gasteiger partial charge on any atom is -0.379 e. The number of aromatic nitrogens is 2. The van der Waals surface area contributed by atoms with Gasteiger partial charge in [-0.3, -0.25) is 10.1 Å². The molecule has 134 valence electrons. The van der Waals surface area contributed by atoms with Crippen molar-refractivity contribution in [3.8, 4) is 11.4 Å². The molecule has 0 aliphatic rings. The van der Waals surface area contributed by atoms with Crippen LogP contribution in [0.15, 0.2) is 47.0 Å². The molecule has 0 atom stereocenters. The second-order valence-corrected chi connectivity index (χ2v) is 5.44. The molecule has 0 fully saturated rings. The highest BCUT2D eigenvalue weighted by atomic mass is 19.1. The van der Waals surface area contributed by atoms with E-state index in [0.717, 1.165) is 6.07 Å². The number of rotatable bonds is 7. The SMILES string of the molecule is O=[N+]([O-])c1c(F)cccc1NCCCc1nc(-c2ccc(F)cc2)no1. The van der Waals surface area contributed by atoms with Crippen LogP contribution in [-0.4, -0.2) is 21.6 Å². The molecule has 1 heterocycles. The third-order valence-corrected chi connectivity index (χ3v) is 3.62. The second kappa shape index (κ2) is 7.68. The summed E-state index contributed by atoms with van der Waals surface area (Å²) in [6, 6.07) is 9.60. The van der Waals surface area contributed by atoms with E-state index in [-0.39, 0.29) is 11.5 Å². The normalized spacial score (nSPS) is 10.7. The van der Waals surface area contributed by atoms with E-state index < -0.39 is 16.4 Å². The molecule has 2 aromatic carbocycles. The van der Waals surface area contributed by atoms with Gasteiger partial charge in [0, 0.05) is 18.5 Å². The van der Waals surface area contributed by atoms with Crippen molar-refractivity contribution in [2.45, 2.75) is 12.8 Å². The van der Waals surface area contributed by atoms with Crippen molar-refractivity contribution in [1.29, 1.82) is 0 Å². The minimum absolute atomic E-state index is 0.118. The summed E-state index contributed by atoms with van der Waals surface area (Å²) in [6.07, 6.45) is 0.975. The molecule has 26 heavy (non-hydrogen) atoms. The predicted molar refractivity (Wildman–Crippen MR) is 89.6 cm³/mol. The molecule has 1 N–H and O–H groups in total. The van der Waals surface area contributed by atoms with Crippen molar-refractivity contribution in [3.05, 3.63) is 70.1 Å². The number of aryl methyl sites for hydroxylation is 1. The molecule has 0 bridgehead atoms. The van der Waals surface area contributed by atoms with Crippen LogP contribution in [0.5, 0.6) is 0 Å². The van der Waals surface area contributed by atoms with Gasteiger partial charge in [-0.25, -0.2) is 4.39 Å². The number of benzene rings is 2. The van der Waals surface area contributed by atoms with Crippen molar-refractivity contribution in [3.63, 3.8) is 0 Å². The van der Waals surface area contributed by atoms with Gasteiger partial charge in [0.25, 0.3) is 0 Å². The Kier molecular flexibility index (Phi) is 5.16. The number of nitrogens with one attached hydrogen (secondary N) is 1. The first-order valence-corrected chi connectivity index (χ1v) is 7.80. The van der Waals surface area contributed by atoms with Crippen LogP contribution in [0.25, 0.3) is 11.4 Å². The molecule has 7 nitrogen and oxygen atoms in total. The maximum absolute atomic E-state index is 13.5. The van der Waals surface area contributed by atoms with Crippen LogP contribution in [0.4, 0.5) is 20.2 Å². The summed E-state index contributed by atoms with van der Waals surface area (Å²) in [7, 11) is 0. The number of hydrogen-bond acceptors (Lipinski definition) is 6. The lowest BCUT2D eigenvalue weighted by Crippen LogP contribution is -2.06. The highest BCUT2D eigenvalue weighted by molar-refractivity contribution is 5.61. The predicted octanol–water partition coefficient (Wildman–Crippen LogP) is 3.97. The lowest BCUT2D eigenvalue weighted by molar-refractivity contribution is -0.386. The van der Waals surface area contributed by atoms with Crippen molar-refractivity contribution in [2.24, 2.45) is 0 Å². The lowest BCUT2D eigenvalue weighted by Gasteiger charge is -2.06. The molecule has 3 rings (SSSR count). The maximum Gasteiger partial charge on any atom is 0.327 e. The van der Waals surface area contributed by atoms with E-state index in [1.807, 2.05) is 0 Å². The number of nitro benzene ring substituents is 1. The topological polar surface area (TPSA) is 94.1 Å². The molecule has 3 aromatic rings. The molecule has 0 spiro atoms. The zero-order valence-corrected chi connectivity index (χ0v) is 13.5. The largest absolute Gasteiger partial charge is 0.379 e. The Morgan fingerprint density at radius 3 is 2.65 bits per heavy atom. The van der Waals surface area contributed by atoms with Crippen molar-refractivity contribution in [1.82, 2.24) is 10.1 Å². The average Bonchev–Trinajstić information content (AvgIpc) is 3.08. The standard InChI is InChI=1S/C17H14F2N4O3/c18-12-8-6-11(7-9-12)17-21-15(26-22-17)5-2-10-20-14-4-1-3-13(19)16(14)23(24)25/h1,3-4,6-9,20H,2,5,10H2. The Hall–Kier alpha value is -3.36. The van der Waals surface area contributed by atoms with Gasteiger partial charge in [-0.15, -0.1) is 0 Å². The van der Waals surface area contributed by atoms with Crippen LogP contribution in [0, 0.1) is 21.7 Å². The van der Waals surface area contributed by atoms with Crippen LogP contribution in [0.2, 0.25) is 0 Å².